The van der Waals surface area contributed by atoms with Gasteiger partial charge in [-0.3, -0.25) is 4.79 Å². The molecule has 1 aliphatic heterocycles. The minimum atomic E-state index is -0.0255. The third kappa shape index (κ3) is 7.58. The van der Waals surface area contributed by atoms with E-state index >= 15 is 0 Å². The molecule has 1 fully saturated rings. The number of esters is 1. The van der Waals surface area contributed by atoms with Gasteiger partial charge in [0.1, 0.15) is 0 Å². The topological polar surface area (TPSA) is 26.3 Å². The first-order chi connectivity index (χ1) is 5.81. The van der Waals surface area contributed by atoms with Gasteiger partial charge in [0.05, 0.1) is 6.61 Å². The van der Waals surface area contributed by atoms with Gasteiger partial charge >= 0.3 is 5.97 Å². The Morgan fingerprint density at radius 2 is 1.83 bits per heavy atom. The molecule has 2 heteroatoms. The van der Waals surface area contributed by atoms with Crippen LogP contribution in [0.25, 0.3) is 0 Å². The Morgan fingerprint density at radius 1 is 1.17 bits per heavy atom. The van der Waals surface area contributed by atoms with Crippen molar-refractivity contribution in [2.45, 2.75) is 52.4 Å². The predicted molar refractivity (Wildman–Crippen MR) is 50.0 cm³/mol. The molecule has 0 aliphatic carbocycles. The van der Waals surface area contributed by atoms with E-state index in [9.17, 15) is 4.79 Å². The molecule has 12 heavy (non-hydrogen) atoms. The number of hydrogen-bond acceptors (Lipinski definition) is 2. The van der Waals surface area contributed by atoms with Crippen molar-refractivity contribution >= 4 is 5.97 Å². The normalized spacial score (nSPS) is 17.0. The standard InChI is InChI=1S/C6H10O2.C4H10/c7-6-4-2-1-3-5-8-6;1-3-4-2/h1-5H2;3-4H2,1-2H3. The summed E-state index contributed by atoms with van der Waals surface area (Å²) in [5.41, 5.74) is 0. The van der Waals surface area contributed by atoms with Crippen LogP contribution < -0.4 is 0 Å². The molecular formula is C10H20O2. The molecule has 0 aromatic rings. The van der Waals surface area contributed by atoms with Crippen LogP contribution in [0, 0.1) is 0 Å². The van der Waals surface area contributed by atoms with Crippen LogP contribution in [0.2, 0.25) is 0 Å². The number of hydrogen-bond donors (Lipinski definition) is 0. The van der Waals surface area contributed by atoms with E-state index in [0.717, 1.165) is 19.3 Å². The van der Waals surface area contributed by atoms with Crippen molar-refractivity contribution in [3.8, 4) is 0 Å². The fraction of sp³-hybridized carbons (Fsp3) is 0.900. The van der Waals surface area contributed by atoms with Gasteiger partial charge in [0.2, 0.25) is 0 Å². The Balaban J connectivity index is 0.000000261. The molecule has 1 saturated heterocycles. The van der Waals surface area contributed by atoms with Crippen LogP contribution >= 0.6 is 0 Å². The summed E-state index contributed by atoms with van der Waals surface area (Å²) < 4.78 is 4.76. The summed E-state index contributed by atoms with van der Waals surface area (Å²) in [6.07, 6.45) is 6.47. The Kier molecular flexibility index (Phi) is 8.19. The van der Waals surface area contributed by atoms with Crippen molar-refractivity contribution in [2.24, 2.45) is 0 Å². The third-order valence-corrected chi connectivity index (χ3v) is 1.79. The van der Waals surface area contributed by atoms with Crippen molar-refractivity contribution in [1.82, 2.24) is 0 Å². The highest BCUT2D eigenvalue weighted by molar-refractivity contribution is 5.69. The van der Waals surface area contributed by atoms with Gasteiger partial charge in [-0.15, -0.1) is 0 Å². The van der Waals surface area contributed by atoms with E-state index in [1.807, 2.05) is 0 Å². The van der Waals surface area contributed by atoms with E-state index in [-0.39, 0.29) is 5.97 Å². The van der Waals surface area contributed by atoms with Gasteiger partial charge in [-0.05, 0) is 19.3 Å². The van der Waals surface area contributed by atoms with E-state index in [0.29, 0.717) is 13.0 Å². The summed E-state index contributed by atoms with van der Waals surface area (Å²) in [6.45, 7) is 5.00. The molecule has 72 valence electrons. The summed E-state index contributed by atoms with van der Waals surface area (Å²) in [5, 5.41) is 0. The number of unbranched alkanes of at least 4 members (excludes halogenated alkanes) is 1. The molecule has 1 heterocycles. The largest absolute Gasteiger partial charge is 0.466 e. The first-order valence-electron chi connectivity index (χ1n) is 4.96. The van der Waals surface area contributed by atoms with Crippen LogP contribution in [-0.4, -0.2) is 12.6 Å². The first kappa shape index (κ1) is 11.5. The average Bonchev–Trinajstić information content (AvgIpc) is 2.33. The predicted octanol–water partition coefficient (Wildman–Crippen LogP) is 2.91. The second kappa shape index (κ2) is 8.57. The maximum absolute atomic E-state index is 10.5. The Labute approximate surface area is 75.3 Å². The van der Waals surface area contributed by atoms with Crippen molar-refractivity contribution in [2.75, 3.05) is 6.61 Å². The summed E-state index contributed by atoms with van der Waals surface area (Å²) in [4.78, 5) is 10.5. The minimum Gasteiger partial charge on any atom is -0.466 e. The molecule has 0 amide bonds. The Bertz CT molecular complexity index is 98.4. The fourth-order valence-electron chi connectivity index (χ4n) is 0.806. The number of ether oxygens (including phenoxy) is 1. The van der Waals surface area contributed by atoms with Gasteiger partial charge in [-0.25, -0.2) is 0 Å². The summed E-state index contributed by atoms with van der Waals surface area (Å²) >= 11 is 0. The van der Waals surface area contributed by atoms with E-state index < -0.39 is 0 Å². The molecule has 0 bridgehead atoms. The molecule has 0 N–H and O–H groups in total. The highest BCUT2D eigenvalue weighted by atomic mass is 16.5. The van der Waals surface area contributed by atoms with Crippen LogP contribution in [0.4, 0.5) is 0 Å². The first-order valence-corrected chi connectivity index (χ1v) is 4.96. The smallest absolute Gasteiger partial charge is 0.305 e. The number of rotatable bonds is 1. The van der Waals surface area contributed by atoms with Crippen LogP contribution in [0.3, 0.4) is 0 Å². The van der Waals surface area contributed by atoms with E-state index in [4.69, 9.17) is 4.74 Å². The Morgan fingerprint density at radius 3 is 2.42 bits per heavy atom. The van der Waals surface area contributed by atoms with Crippen molar-refractivity contribution < 1.29 is 9.53 Å². The zero-order valence-corrected chi connectivity index (χ0v) is 8.27. The highest BCUT2D eigenvalue weighted by Crippen LogP contribution is 2.06. The molecule has 0 atom stereocenters. The van der Waals surface area contributed by atoms with Crippen LogP contribution in [0.15, 0.2) is 0 Å². The molecule has 0 aromatic carbocycles. The second-order valence-electron chi connectivity index (χ2n) is 3.03. The molecule has 2 nitrogen and oxygen atoms in total. The van der Waals surface area contributed by atoms with E-state index in [1.165, 1.54) is 12.8 Å². The lowest BCUT2D eigenvalue weighted by molar-refractivity contribution is -0.142. The molecule has 1 rings (SSSR count). The molecular weight excluding hydrogens is 152 g/mol. The average molecular weight is 172 g/mol. The molecule has 0 aromatic heterocycles. The Hall–Kier alpha value is -0.530. The van der Waals surface area contributed by atoms with E-state index in [2.05, 4.69) is 13.8 Å². The summed E-state index contributed by atoms with van der Waals surface area (Å²) in [5.74, 6) is -0.0255. The van der Waals surface area contributed by atoms with Gasteiger partial charge in [0.25, 0.3) is 0 Å². The SMILES string of the molecule is CCCC.O=C1CCCCCO1. The third-order valence-electron chi connectivity index (χ3n) is 1.79. The summed E-state index contributed by atoms with van der Waals surface area (Å²) in [7, 11) is 0. The van der Waals surface area contributed by atoms with Gasteiger partial charge in [0.15, 0.2) is 0 Å². The van der Waals surface area contributed by atoms with Crippen molar-refractivity contribution in [1.29, 1.82) is 0 Å². The zero-order chi connectivity index (χ0) is 9.23. The number of cyclic esters (lactones) is 1. The maximum atomic E-state index is 10.5. The van der Waals surface area contributed by atoms with Gasteiger partial charge in [0, 0.05) is 6.42 Å². The maximum Gasteiger partial charge on any atom is 0.305 e. The monoisotopic (exact) mass is 172 g/mol. The quantitative estimate of drug-likeness (QED) is 0.568. The molecule has 0 unspecified atom stereocenters. The van der Waals surface area contributed by atoms with Crippen LogP contribution in [0.1, 0.15) is 52.4 Å². The minimum absolute atomic E-state index is 0.0255. The molecule has 0 saturated carbocycles. The zero-order valence-electron chi connectivity index (χ0n) is 8.27. The lowest BCUT2D eigenvalue weighted by atomic mass is 10.2. The van der Waals surface area contributed by atoms with E-state index in [1.54, 1.807) is 0 Å². The lowest BCUT2D eigenvalue weighted by Gasteiger charge is -1.93. The lowest BCUT2D eigenvalue weighted by Crippen LogP contribution is -2.00. The van der Waals surface area contributed by atoms with Crippen molar-refractivity contribution in [3.05, 3.63) is 0 Å². The van der Waals surface area contributed by atoms with Gasteiger partial charge in [-0.1, -0.05) is 26.7 Å². The van der Waals surface area contributed by atoms with Crippen LogP contribution in [-0.2, 0) is 9.53 Å². The highest BCUT2D eigenvalue weighted by Gasteiger charge is 2.05. The van der Waals surface area contributed by atoms with Gasteiger partial charge in [-0.2, -0.15) is 0 Å². The second-order valence-corrected chi connectivity index (χ2v) is 3.03. The summed E-state index contributed by atoms with van der Waals surface area (Å²) in [6, 6.07) is 0. The molecule has 1 aliphatic rings. The van der Waals surface area contributed by atoms with Crippen molar-refractivity contribution in [3.63, 3.8) is 0 Å². The number of carbonyl (C=O) groups is 1. The fourth-order valence-corrected chi connectivity index (χ4v) is 0.806. The van der Waals surface area contributed by atoms with Gasteiger partial charge < -0.3 is 4.74 Å². The molecule has 0 spiro atoms. The van der Waals surface area contributed by atoms with Crippen LogP contribution in [0.5, 0.6) is 0 Å². The molecule has 0 radical (unpaired) electrons. The number of carbonyl (C=O) groups excluding carboxylic acids is 1.